The summed E-state index contributed by atoms with van der Waals surface area (Å²) in [6, 6.07) is 6.05. The van der Waals surface area contributed by atoms with Gasteiger partial charge in [0.25, 0.3) is 0 Å². The van der Waals surface area contributed by atoms with Crippen molar-refractivity contribution < 1.29 is 86.6 Å². The van der Waals surface area contributed by atoms with Crippen LogP contribution in [0.5, 0.6) is 23.0 Å². The molecular formula is C54H64N4O20. The molecule has 420 valence electrons. The van der Waals surface area contributed by atoms with Crippen LogP contribution in [-0.2, 0) is 38.3 Å². The monoisotopic (exact) mass is 1090 g/mol. The Labute approximate surface area is 448 Å². The molecule has 2 aliphatic heterocycles. The van der Waals surface area contributed by atoms with Crippen molar-refractivity contribution in [1.29, 1.82) is 0 Å². The van der Waals surface area contributed by atoms with Crippen LogP contribution in [0.3, 0.4) is 0 Å². The number of fused-ring (bicyclic) bond motifs is 2. The molecule has 6 rings (SSSR count). The molecule has 2 aliphatic rings. The van der Waals surface area contributed by atoms with Gasteiger partial charge in [0.1, 0.15) is 77.8 Å². The van der Waals surface area contributed by atoms with E-state index in [9.17, 15) is 39.6 Å². The number of carbonyl (C=O) groups excluding carboxylic acids is 2. The van der Waals surface area contributed by atoms with E-state index in [2.05, 4.69) is 39.0 Å². The molecule has 4 aromatic rings. The molecule has 2 aromatic carbocycles. The Morgan fingerprint density at radius 3 is 1.42 bits per heavy atom. The quantitative estimate of drug-likeness (QED) is 0.0251. The lowest BCUT2D eigenvalue weighted by molar-refractivity contribution is -0.290. The van der Waals surface area contributed by atoms with E-state index in [0.29, 0.717) is 24.0 Å². The van der Waals surface area contributed by atoms with Crippen LogP contribution in [0.2, 0.25) is 0 Å². The van der Waals surface area contributed by atoms with Gasteiger partial charge in [-0.05, 0) is 78.6 Å². The van der Waals surface area contributed by atoms with Crippen LogP contribution >= 0.6 is 0 Å². The fourth-order valence-corrected chi connectivity index (χ4v) is 8.66. The molecule has 2 amide bonds. The summed E-state index contributed by atoms with van der Waals surface area (Å²) in [5.74, 6) is 5.51. The highest BCUT2D eigenvalue weighted by Crippen LogP contribution is 2.43. The lowest BCUT2D eigenvalue weighted by Gasteiger charge is -2.48. The standard InChI is InChI=1S/C28H32N2O10.C26H32N2O10/c1-8-13-35-29-17(6)20-21(31)18-11-12-19(15(4)23(18)38-25(20)33)37-26-22(32)24(16(5)28(7,10-3)40-26)39-27(34)30-36-14-9-2;1-8-12-34-28-25(32)37-22-14(4)26(6,9-2)38-24(20(22)30)35-17-11-10-16-19(29)18(15(5)27-33-7)23(31)36-21(16)13(17)3/h1-2,11-12,16,22,24,26,31-32H,10,13-14H2,3-7H3,(H,30,34);1,10-11,14,20,22,24,29-30H,9,12H2,2-7H3,(H,28,32)/b29-17-;27-15-/t16-,22-,24-,26?,28+;14-,20-,22-,24?,26+/m11/s1. The predicted octanol–water partition coefficient (Wildman–Crippen LogP) is 5.48. The van der Waals surface area contributed by atoms with Crippen LogP contribution in [0.15, 0.2) is 53.0 Å². The topological polar surface area (TPSA) is 317 Å². The Kier molecular flexibility index (Phi) is 20.6. The number of terminal acetylenes is 3. The molecule has 2 fully saturated rings. The highest BCUT2D eigenvalue weighted by molar-refractivity contribution is 6.05. The number of amides is 2. The van der Waals surface area contributed by atoms with Gasteiger partial charge in [0.2, 0.25) is 12.6 Å². The molecule has 2 saturated heterocycles. The Balaban J connectivity index is 0.000000288. The zero-order chi connectivity index (χ0) is 57.8. The van der Waals surface area contributed by atoms with Gasteiger partial charge in [-0.1, -0.05) is 55.8 Å². The lowest BCUT2D eigenvalue weighted by Crippen LogP contribution is -2.62. The van der Waals surface area contributed by atoms with Gasteiger partial charge in [0.15, 0.2) is 18.8 Å². The largest absolute Gasteiger partial charge is 0.506 e. The van der Waals surface area contributed by atoms with Crippen LogP contribution in [0.4, 0.5) is 9.59 Å². The van der Waals surface area contributed by atoms with Gasteiger partial charge in [-0.25, -0.2) is 19.2 Å². The molecule has 0 aliphatic carbocycles. The van der Waals surface area contributed by atoms with Crippen molar-refractivity contribution in [1.82, 2.24) is 11.0 Å². The van der Waals surface area contributed by atoms with Gasteiger partial charge in [-0.2, -0.15) is 11.0 Å². The van der Waals surface area contributed by atoms with Gasteiger partial charge in [0.05, 0.1) is 33.4 Å². The van der Waals surface area contributed by atoms with Crippen molar-refractivity contribution >= 4 is 45.5 Å². The molecule has 2 aromatic heterocycles. The number of nitrogens with one attached hydrogen (secondary N) is 2. The summed E-state index contributed by atoms with van der Waals surface area (Å²) < 4.78 is 46.2. The smallest absolute Gasteiger partial charge is 0.431 e. The minimum atomic E-state index is -1.41. The number of ether oxygens (including phenoxy) is 6. The molecule has 0 bridgehead atoms. The Morgan fingerprint density at radius 2 is 1.06 bits per heavy atom. The van der Waals surface area contributed by atoms with Gasteiger partial charge in [-0.3, -0.25) is 9.68 Å². The highest BCUT2D eigenvalue weighted by atomic mass is 16.7. The second-order valence-electron chi connectivity index (χ2n) is 18.4. The van der Waals surface area contributed by atoms with E-state index in [1.807, 2.05) is 27.7 Å². The van der Waals surface area contributed by atoms with Crippen molar-refractivity contribution in [2.24, 2.45) is 22.1 Å². The number of aromatic hydroxyl groups is 2. The second kappa shape index (κ2) is 26.4. The summed E-state index contributed by atoms with van der Waals surface area (Å²) in [5.41, 5.74) is 1.52. The number of hydrogen-bond donors (Lipinski definition) is 6. The Bertz CT molecular complexity index is 3150. The third kappa shape index (κ3) is 13.2. The molecule has 0 radical (unpaired) electrons. The zero-order valence-corrected chi connectivity index (χ0v) is 44.9. The first kappa shape index (κ1) is 60.8. The molecule has 78 heavy (non-hydrogen) atoms. The molecule has 0 saturated carbocycles. The van der Waals surface area contributed by atoms with Crippen molar-refractivity contribution in [3.8, 4) is 60.0 Å². The number of hydroxylamine groups is 2. The molecular weight excluding hydrogens is 1020 g/mol. The number of aryl methyl sites for hydroxylation is 2. The number of aliphatic hydroxyl groups is 2. The fraction of sp³-hybridized carbons (Fsp3) is 0.481. The number of carbonyl (C=O) groups is 2. The third-order valence-corrected chi connectivity index (χ3v) is 13.7. The van der Waals surface area contributed by atoms with Crippen molar-refractivity contribution in [2.75, 3.05) is 26.9 Å². The molecule has 24 heteroatoms. The third-order valence-electron chi connectivity index (χ3n) is 13.7. The normalized spacial score (nSPS) is 25.0. The van der Waals surface area contributed by atoms with Gasteiger partial charge in [0, 0.05) is 23.0 Å². The van der Waals surface area contributed by atoms with E-state index in [-0.39, 0.29) is 87.3 Å². The van der Waals surface area contributed by atoms with E-state index in [1.54, 1.807) is 27.7 Å². The molecule has 2 unspecified atom stereocenters. The molecule has 6 N–H and O–H groups in total. The van der Waals surface area contributed by atoms with E-state index >= 15 is 0 Å². The van der Waals surface area contributed by atoms with Crippen molar-refractivity contribution in [3.05, 3.63) is 67.4 Å². The van der Waals surface area contributed by atoms with E-state index < -0.39 is 83.5 Å². The van der Waals surface area contributed by atoms with Crippen LogP contribution < -0.4 is 31.7 Å². The van der Waals surface area contributed by atoms with E-state index in [0.717, 1.165) is 0 Å². The average Bonchev–Trinajstić information content (AvgIpc) is 3.49. The summed E-state index contributed by atoms with van der Waals surface area (Å²) in [6.07, 6.45) is 7.07. The van der Waals surface area contributed by atoms with Gasteiger partial charge >= 0.3 is 23.4 Å². The number of rotatable bonds is 17. The van der Waals surface area contributed by atoms with Crippen molar-refractivity contribution in [3.63, 3.8) is 0 Å². The summed E-state index contributed by atoms with van der Waals surface area (Å²) in [4.78, 5) is 69.0. The maximum Gasteiger partial charge on any atom is 0.431 e. The van der Waals surface area contributed by atoms with Crippen LogP contribution in [0.1, 0.15) is 90.5 Å². The van der Waals surface area contributed by atoms with E-state index in [4.69, 9.17) is 75.9 Å². The van der Waals surface area contributed by atoms with Gasteiger partial charge < -0.3 is 67.4 Å². The maximum atomic E-state index is 12.7. The average molecular weight is 1090 g/mol. The van der Waals surface area contributed by atoms with Crippen LogP contribution in [0, 0.1) is 62.7 Å². The number of hydrogen-bond acceptors (Lipinski definition) is 22. The Morgan fingerprint density at radius 1 is 0.679 bits per heavy atom. The van der Waals surface area contributed by atoms with Gasteiger partial charge in [-0.15, -0.1) is 19.3 Å². The zero-order valence-electron chi connectivity index (χ0n) is 44.9. The summed E-state index contributed by atoms with van der Waals surface area (Å²) in [6.45, 7) is 16.7. The van der Waals surface area contributed by atoms with E-state index in [1.165, 1.54) is 45.2 Å². The minimum Gasteiger partial charge on any atom is -0.506 e. The highest BCUT2D eigenvalue weighted by Gasteiger charge is 2.53. The first-order chi connectivity index (χ1) is 37.0. The summed E-state index contributed by atoms with van der Waals surface area (Å²) >= 11 is 0. The Hall–Kier alpha value is -8.02. The first-order valence-corrected chi connectivity index (χ1v) is 24.3. The number of benzene rings is 2. The SMILES string of the molecule is C#CCO/N=C(/C)c1c(O)c2ccc(OC3O[C@@](C)(CC)[C@H](C)[C@@H](OC(=O)NOCC#C)[C@H]3O)c(C)c2oc1=O.C#CCONC(=O)O[C@@H]1[C@@H](C)[C@](C)(CC)OC(Oc2ccc3c(O)c(/C(C)=N\OC)c(=O)oc3c2C)[C@@H]1O. The molecule has 4 heterocycles. The minimum absolute atomic E-state index is 0.0517. The lowest BCUT2D eigenvalue weighted by atomic mass is 9.79. The summed E-state index contributed by atoms with van der Waals surface area (Å²) in [7, 11) is 1.32. The number of oxime groups is 2. The second-order valence-corrected chi connectivity index (χ2v) is 18.4. The summed E-state index contributed by atoms with van der Waals surface area (Å²) in [5, 5.41) is 51.7. The molecule has 10 atom stereocenters. The number of aliphatic hydroxyl groups excluding tert-OH is 2. The van der Waals surface area contributed by atoms with Crippen molar-refractivity contribution in [2.45, 2.75) is 130 Å². The fourth-order valence-electron chi connectivity index (χ4n) is 8.66. The van der Waals surface area contributed by atoms with Crippen LogP contribution in [-0.4, -0.2) is 119 Å². The number of nitrogens with zero attached hydrogens (tertiary/aromatic N) is 2. The van der Waals surface area contributed by atoms with Crippen LogP contribution in [0.25, 0.3) is 21.9 Å². The molecule has 0 spiro atoms. The predicted molar refractivity (Wildman–Crippen MR) is 279 cm³/mol. The molecule has 24 nitrogen and oxygen atoms in total. The maximum absolute atomic E-state index is 12.7. The first-order valence-electron chi connectivity index (χ1n) is 24.3.